The van der Waals surface area contributed by atoms with Gasteiger partial charge in [-0.3, -0.25) is 0 Å². The van der Waals surface area contributed by atoms with Crippen LogP contribution in [0.2, 0.25) is 0 Å². The van der Waals surface area contributed by atoms with Crippen molar-refractivity contribution in [2.45, 2.75) is 54.3 Å². The number of nitrogens with zero attached hydrogens (tertiary/aromatic N) is 1. The normalized spacial score (nSPS) is 11.0. The van der Waals surface area contributed by atoms with Gasteiger partial charge in [0, 0.05) is 36.6 Å². The molecule has 0 aliphatic heterocycles. The number of nitrogens with one attached hydrogen (secondary N) is 1. The van der Waals surface area contributed by atoms with Gasteiger partial charge in [-0.2, -0.15) is 0 Å². The maximum Gasteiger partial charge on any atom is 0.337 e. The molecule has 0 unspecified atom stereocenters. The molecule has 5 nitrogen and oxygen atoms in total. The molecular weight excluding hydrogens is 388 g/mol. The van der Waals surface area contributed by atoms with E-state index in [0.717, 1.165) is 28.3 Å². The van der Waals surface area contributed by atoms with Crippen molar-refractivity contribution >= 4 is 5.97 Å². The maximum atomic E-state index is 12.1. The number of aryl methyl sites for hydroxylation is 2. The minimum absolute atomic E-state index is 0.405. The number of hydrogen-bond acceptors (Lipinski definition) is 3. The molecule has 2 N–H and O–H groups in total. The first-order chi connectivity index (χ1) is 14.8. The van der Waals surface area contributed by atoms with Crippen LogP contribution in [0.15, 0.2) is 42.5 Å². The van der Waals surface area contributed by atoms with Crippen LogP contribution in [0.4, 0.5) is 0 Å². The van der Waals surface area contributed by atoms with E-state index >= 15 is 0 Å². The van der Waals surface area contributed by atoms with E-state index in [1.54, 1.807) is 0 Å². The van der Waals surface area contributed by atoms with Crippen LogP contribution in [0.3, 0.4) is 0 Å². The van der Waals surface area contributed by atoms with Gasteiger partial charge in [-0.1, -0.05) is 35.9 Å². The zero-order valence-corrected chi connectivity index (χ0v) is 19.1. The summed E-state index contributed by atoms with van der Waals surface area (Å²) in [5, 5.41) is 13.3. The standard InChI is InChI=1S/C26H32N2O3/c1-6-31-23-11-9-21(10-12-23)14-27-15-24-19(4)28(20(5)25(24)26(29)30)16-22-13-17(2)7-8-18(22)3/h7-13,27H,6,14-16H2,1-5H3,(H,29,30). The maximum absolute atomic E-state index is 12.1. The summed E-state index contributed by atoms with van der Waals surface area (Å²) in [7, 11) is 0. The highest BCUT2D eigenvalue weighted by Crippen LogP contribution is 2.25. The zero-order chi connectivity index (χ0) is 22.5. The molecule has 0 bridgehead atoms. The molecular formula is C26H32N2O3. The average molecular weight is 421 g/mol. The molecule has 0 amide bonds. The van der Waals surface area contributed by atoms with Crippen LogP contribution in [0.5, 0.6) is 5.75 Å². The summed E-state index contributed by atoms with van der Waals surface area (Å²) >= 11 is 0. The van der Waals surface area contributed by atoms with Crippen molar-refractivity contribution in [3.63, 3.8) is 0 Å². The molecule has 3 rings (SSSR count). The fourth-order valence-corrected chi connectivity index (χ4v) is 4.03. The van der Waals surface area contributed by atoms with E-state index in [-0.39, 0.29) is 0 Å². The topological polar surface area (TPSA) is 63.5 Å². The highest BCUT2D eigenvalue weighted by Gasteiger charge is 2.22. The monoisotopic (exact) mass is 420 g/mol. The Balaban J connectivity index is 1.80. The molecule has 1 heterocycles. The van der Waals surface area contributed by atoms with Gasteiger partial charge >= 0.3 is 5.97 Å². The molecule has 0 fully saturated rings. The third-order valence-corrected chi connectivity index (χ3v) is 5.82. The van der Waals surface area contributed by atoms with Gasteiger partial charge in [0.25, 0.3) is 0 Å². The van der Waals surface area contributed by atoms with E-state index in [1.165, 1.54) is 16.7 Å². The van der Waals surface area contributed by atoms with Crippen LogP contribution in [-0.4, -0.2) is 22.2 Å². The molecule has 0 spiro atoms. The highest BCUT2D eigenvalue weighted by atomic mass is 16.5. The summed E-state index contributed by atoms with van der Waals surface area (Å²) in [4.78, 5) is 12.1. The van der Waals surface area contributed by atoms with Gasteiger partial charge in [0.15, 0.2) is 0 Å². The fraction of sp³-hybridized carbons (Fsp3) is 0.346. The lowest BCUT2D eigenvalue weighted by Crippen LogP contribution is -2.15. The second-order valence-corrected chi connectivity index (χ2v) is 8.03. The lowest BCUT2D eigenvalue weighted by Gasteiger charge is -2.13. The Labute approximate surface area is 184 Å². The van der Waals surface area contributed by atoms with Gasteiger partial charge < -0.3 is 19.7 Å². The lowest BCUT2D eigenvalue weighted by molar-refractivity contribution is 0.0694. The predicted molar refractivity (Wildman–Crippen MR) is 124 cm³/mol. The molecule has 0 radical (unpaired) electrons. The first-order valence-electron chi connectivity index (χ1n) is 10.7. The van der Waals surface area contributed by atoms with Gasteiger partial charge in [0.2, 0.25) is 0 Å². The summed E-state index contributed by atoms with van der Waals surface area (Å²) in [5.74, 6) is -0.0208. The molecule has 5 heteroatoms. The van der Waals surface area contributed by atoms with Crippen molar-refractivity contribution in [2.75, 3.05) is 6.61 Å². The first kappa shape index (κ1) is 22.6. The quantitative estimate of drug-likeness (QED) is 0.502. The largest absolute Gasteiger partial charge is 0.494 e. The Morgan fingerprint density at radius 1 is 1.00 bits per heavy atom. The molecule has 3 aromatic rings. The van der Waals surface area contributed by atoms with Gasteiger partial charge in [0.05, 0.1) is 12.2 Å². The van der Waals surface area contributed by atoms with Crippen molar-refractivity contribution in [2.24, 2.45) is 0 Å². The van der Waals surface area contributed by atoms with E-state index in [9.17, 15) is 9.90 Å². The summed E-state index contributed by atoms with van der Waals surface area (Å²) in [5.41, 5.74) is 7.81. The Bertz CT molecular complexity index is 1070. The van der Waals surface area contributed by atoms with E-state index in [0.29, 0.717) is 31.8 Å². The first-order valence-corrected chi connectivity index (χ1v) is 10.7. The van der Waals surface area contributed by atoms with Gasteiger partial charge in [-0.25, -0.2) is 4.79 Å². The van der Waals surface area contributed by atoms with Crippen LogP contribution in [-0.2, 0) is 19.6 Å². The zero-order valence-electron chi connectivity index (χ0n) is 19.1. The van der Waals surface area contributed by atoms with E-state index < -0.39 is 5.97 Å². The van der Waals surface area contributed by atoms with Crippen LogP contribution in [0.1, 0.15) is 56.5 Å². The van der Waals surface area contributed by atoms with Crippen LogP contribution >= 0.6 is 0 Å². The molecule has 0 atom stereocenters. The highest BCUT2D eigenvalue weighted by molar-refractivity contribution is 5.91. The van der Waals surface area contributed by atoms with Crippen molar-refractivity contribution in [1.29, 1.82) is 0 Å². The number of carboxylic acids is 1. The summed E-state index contributed by atoms with van der Waals surface area (Å²) in [6, 6.07) is 14.4. The number of carboxylic acid groups (broad SMARTS) is 1. The SMILES string of the molecule is CCOc1ccc(CNCc2c(C(=O)O)c(C)n(Cc3cc(C)ccc3C)c2C)cc1. The third kappa shape index (κ3) is 5.17. The number of rotatable bonds is 9. The number of aromatic nitrogens is 1. The third-order valence-electron chi connectivity index (χ3n) is 5.82. The number of carbonyl (C=O) groups is 1. The van der Waals surface area contributed by atoms with Crippen LogP contribution in [0, 0.1) is 27.7 Å². The van der Waals surface area contributed by atoms with Crippen LogP contribution in [0.25, 0.3) is 0 Å². The minimum atomic E-state index is -0.877. The lowest BCUT2D eigenvalue weighted by atomic mass is 10.1. The smallest absolute Gasteiger partial charge is 0.337 e. The molecule has 0 aliphatic carbocycles. The Hall–Kier alpha value is -3.05. The summed E-state index contributed by atoms with van der Waals surface area (Å²) < 4.78 is 7.61. The summed E-state index contributed by atoms with van der Waals surface area (Å²) in [6.45, 7) is 12.5. The van der Waals surface area contributed by atoms with Crippen molar-refractivity contribution in [3.05, 3.63) is 87.2 Å². The van der Waals surface area contributed by atoms with Crippen molar-refractivity contribution in [3.8, 4) is 5.75 Å². The van der Waals surface area contributed by atoms with Gasteiger partial charge in [0.1, 0.15) is 5.75 Å². The number of aromatic carboxylic acids is 1. The Morgan fingerprint density at radius 2 is 1.71 bits per heavy atom. The molecule has 31 heavy (non-hydrogen) atoms. The number of benzene rings is 2. The molecule has 0 aliphatic rings. The van der Waals surface area contributed by atoms with E-state index in [1.807, 2.05) is 45.0 Å². The van der Waals surface area contributed by atoms with Crippen molar-refractivity contribution in [1.82, 2.24) is 9.88 Å². The number of hydrogen-bond donors (Lipinski definition) is 2. The second-order valence-electron chi connectivity index (χ2n) is 8.03. The molecule has 2 aromatic carbocycles. The van der Waals surface area contributed by atoms with E-state index in [2.05, 4.69) is 41.9 Å². The summed E-state index contributed by atoms with van der Waals surface area (Å²) in [6.07, 6.45) is 0. The molecule has 0 saturated heterocycles. The van der Waals surface area contributed by atoms with Crippen molar-refractivity contribution < 1.29 is 14.6 Å². The molecule has 0 saturated carbocycles. The Morgan fingerprint density at radius 3 is 2.35 bits per heavy atom. The van der Waals surface area contributed by atoms with Gasteiger partial charge in [-0.15, -0.1) is 0 Å². The Kier molecular flexibility index (Phi) is 7.18. The minimum Gasteiger partial charge on any atom is -0.494 e. The fourth-order valence-electron chi connectivity index (χ4n) is 4.03. The van der Waals surface area contributed by atoms with Gasteiger partial charge in [-0.05, 0) is 63.4 Å². The van der Waals surface area contributed by atoms with Crippen LogP contribution < -0.4 is 10.1 Å². The average Bonchev–Trinajstić information content (AvgIpc) is 2.96. The second kappa shape index (κ2) is 9.84. The number of ether oxygens (including phenoxy) is 1. The van der Waals surface area contributed by atoms with E-state index in [4.69, 9.17) is 4.74 Å². The predicted octanol–water partition coefficient (Wildman–Crippen LogP) is 5.16. The molecule has 1 aromatic heterocycles. The molecule has 164 valence electrons.